The van der Waals surface area contributed by atoms with Gasteiger partial charge in [-0.15, -0.1) is 0 Å². The van der Waals surface area contributed by atoms with Crippen LogP contribution in [0.4, 0.5) is 0 Å². The molecule has 1 aromatic rings. The molecule has 0 aliphatic heterocycles. The lowest BCUT2D eigenvalue weighted by molar-refractivity contribution is 0.236. The highest BCUT2D eigenvalue weighted by molar-refractivity contribution is 6.30. The number of nitriles is 1. The number of rotatable bonds is 7. The van der Waals surface area contributed by atoms with Gasteiger partial charge in [0.05, 0.1) is 7.11 Å². The van der Waals surface area contributed by atoms with Gasteiger partial charge in [-0.3, -0.25) is 0 Å². The number of ether oxygens (including phenoxy) is 2. The molecule has 0 saturated carbocycles. The molecule has 4 nitrogen and oxygen atoms in total. The zero-order valence-electron chi connectivity index (χ0n) is 11.5. The Bertz CT molecular complexity index is 457. The minimum absolute atomic E-state index is 0.490. The van der Waals surface area contributed by atoms with Gasteiger partial charge < -0.3 is 14.8 Å². The third-order valence-electron chi connectivity index (χ3n) is 2.66. The predicted octanol–water partition coefficient (Wildman–Crippen LogP) is 3.14. The number of methoxy groups -OCH3 is 1. The second-order valence-electron chi connectivity index (χ2n) is 4.02. The minimum atomic E-state index is -0.490. The van der Waals surface area contributed by atoms with Crippen LogP contribution in [0.1, 0.15) is 25.8 Å². The number of halogens is 1. The first-order valence-corrected chi connectivity index (χ1v) is 6.67. The van der Waals surface area contributed by atoms with Crippen LogP contribution in [-0.2, 0) is 6.54 Å². The summed E-state index contributed by atoms with van der Waals surface area (Å²) in [5, 5.41) is 12.8. The highest BCUT2D eigenvalue weighted by Crippen LogP contribution is 2.35. The molecule has 0 fully saturated rings. The van der Waals surface area contributed by atoms with Gasteiger partial charge >= 0.3 is 0 Å². The van der Waals surface area contributed by atoms with Crippen LogP contribution in [0, 0.1) is 11.3 Å². The van der Waals surface area contributed by atoms with Gasteiger partial charge in [-0.05, 0) is 19.0 Å². The van der Waals surface area contributed by atoms with Gasteiger partial charge in [0.2, 0.25) is 0 Å². The smallest absolute Gasteiger partial charge is 0.184 e. The van der Waals surface area contributed by atoms with E-state index < -0.39 is 6.10 Å². The van der Waals surface area contributed by atoms with E-state index >= 15 is 0 Å². The van der Waals surface area contributed by atoms with E-state index in [2.05, 4.69) is 11.4 Å². The van der Waals surface area contributed by atoms with Crippen LogP contribution in [0.3, 0.4) is 0 Å². The average Bonchev–Trinajstić information content (AvgIpc) is 2.43. The molecule has 0 amide bonds. The number of benzene rings is 1. The van der Waals surface area contributed by atoms with Gasteiger partial charge in [0.25, 0.3) is 0 Å². The molecule has 1 N–H and O–H groups in total. The minimum Gasteiger partial charge on any atom is -0.493 e. The molecule has 1 aromatic carbocycles. The van der Waals surface area contributed by atoms with Gasteiger partial charge in [0.15, 0.2) is 17.6 Å². The van der Waals surface area contributed by atoms with Crippen molar-refractivity contribution in [3.63, 3.8) is 0 Å². The highest BCUT2D eigenvalue weighted by Gasteiger charge is 2.16. The zero-order valence-corrected chi connectivity index (χ0v) is 12.3. The lowest BCUT2D eigenvalue weighted by Gasteiger charge is -2.18. The lowest BCUT2D eigenvalue weighted by atomic mass is 10.1. The molecule has 104 valence electrons. The molecule has 0 radical (unpaired) electrons. The summed E-state index contributed by atoms with van der Waals surface area (Å²) in [5.41, 5.74) is 0.889. The Hall–Kier alpha value is -1.44. The molecule has 0 heterocycles. The first-order chi connectivity index (χ1) is 9.15. The van der Waals surface area contributed by atoms with E-state index in [4.69, 9.17) is 26.3 Å². The van der Waals surface area contributed by atoms with Crippen LogP contribution in [0.2, 0.25) is 5.02 Å². The van der Waals surface area contributed by atoms with Crippen molar-refractivity contribution in [3.8, 4) is 17.6 Å². The fraction of sp³-hybridized carbons (Fsp3) is 0.500. The number of hydrogen-bond acceptors (Lipinski definition) is 4. The maximum absolute atomic E-state index is 9.01. The summed E-state index contributed by atoms with van der Waals surface area (Å²) in [5.74, 6) is 1.13. The van der Waals surface area contributed by atoms with E-state index in [0.29, 0.717) is 29.5 Å². The van der Waals surface area contributed by atoms with Gasteiger partial charge in [-0.25, -0.2) is 0 Å². The average molecular weight is 283 g/mol. The first-order valence-electron chi connectivity index (χ1n) is 6.29. The molecule has 0 saturated heterocycles. The summed E-state index contributed by atoms with van der Waals surface area (Å²) in [6.07, 6.45) is 0.124. The summed E-state index contributed by atoms with van der Waals surface area (Å²) >= 11 is 6.06. The van der Waals surface area contributed by atoms with Crippen molar-refractivity contribution in [2.45, 2.75) is 32.9 Å². The van der Waals surface area contributed by atoms with E-state index in [1.807, 2.05) is 19.9 Å². The van der Waals surface area contributed by atoms with Crippen LogP contribution in [-0.4, -0.2) is 19.8 Å². The third kappa shape index (κ3) is 4.30. The van der Waals surface area contributed by atoms with E-state index in [0.717, 1.165) is 12.1 Å². The van der Waals surface area contributed by atoms with Gasteiger partial charge in [-0.1, -0.05) is 25.4 Å². The van der Waals surface area contributed by atoms with Crippen molar-refractivity contribution in [3.05, 3.63) is 22.7 Å². The van der Waals surface area contributed by atoms with E-state index in [1.54, 1.807) is 13.2 Å². The van der Waals surface area contributed by atoms with E-state index in [9.17, 15) is 0 Å². The molecule has 0 bridgehead atoms. The van der Waals surface area contributed by atoms with Gasteiger partial charge in [0.1, 0.15) is 6.07 Å². The maximum Gasteiger partial charge on any atom is 0.184 e. The molecular weight excluding hydrogens is 264 g/mol. The molecule has 0 aliphatic rings. The van der Waals surface area contributed by atoms with Crippen molar-refractivity contribution in [2.75, 3.05) is 13.7 Å². The molecule has 0 aromatic heterocycles. The quantitative estimate of drug-likeness (QED) is 0.835. The molecular formula is C14H19ClN2O2. The maximum atomic E-state index is 9.01. The van der Waals surface area contributed by atoms with Crippen molar-refractivity contribution >= 4 is 11.6 Å². The summed E-state index contributed by atoms with van der Waals surface area (Å²) in [6, 6.07) is 5.63. The van der Waals surface area contributed by atoms with Crippen molar-refractivity contribution in [2.24, 2.45) is 0 Å². The fourth-order valence-corrected chi connectivity index (χ4v) is 1.87. The zero-order chi connectivity index (χ0) is 14.3. The summed E-state index contributed by atoms with van der Waals surface area (Å²) in [7, 11) is 1.56. The van der Waals surface area contributed by atoms with Crippen LogP contribution in [0.25, 0.3) is 0 Å². The van der Waals surface area contributed by atoms with Crippen molar-refractivity contribution in [1.82, 2.24) is 5.32 Å². The van der Waals surface area contributed by atoms with E-state index in [-0.39, 0.29) is 0 Å². The molecule has 5 heteroatoms. The number of hydrogen-bond donors (Lipinski definition) is 1. The molecule has 0 spiro atoms. The molecule has 1 rings (SSSR count). The molecule has 0 aliphatic carbocycles. The Balaban J connectivity index is 3.12. The lowest BCUT2D eigenvalue weighted by Crippen LogP contribution is -2.17. The largest absolute Gasteiger partial charge is 0.493 e. The van der Waals surface area contributed by atoms with Crippen molar-refractivity contribution < 1.29 is 9.47 Å². The highest BCUT2D eigenvalue weighted by atomic mass is 35.5. The van der Waals surface area contributed by atoms with Crippen LogP contribution in [0.15, 0.2) is 12.1 Å². The molecule has 19 heavy (non-hydrogen) atoms. The first kappa shape index (κ1) is 15.6. The Morgan fingerprint density at radius 3 is 2.68 bits per heavy atom. The second-order valence-corrected chi connectivity index (χ2v) is 4.46. The number of nitrogens with one attached hydrogen (secondary N) is 1. The third-order valence-corrected chi connectivity index (χ3v) is 2.88. The summed E-state index contributed by atoms with van der Waals surface area (Å²) in [4.78, 5) is 0. The number of nitrogens with zero attached hydrogens (tertiary/aromatic N) is 1. The standard InChI is InChI=1S/C14H19ClN2O2/c1-4-12(8-16)19-14-10(9-17-5-2)6-11(15)7-13(14)18-3/h6-7,12,17H,4-5,9H2,1-3H3. The molecule has 1 unspecified atom stereocenters. The van der Waals surface area contributed by atoms with Crippen molar-refractivity contribution in [1.29, 1.82) is 5.26 Å². The van der Waals surface area contributed by atoms with Gasteiger partial charge in [-0.2, -0.15) is 5.26 Å². The topological polar surface area (TPSA) is 54.3 Å². The predicted molar refractivity (Wildman–Crippen MR) is 75.7 cm³/mol. The van der Waals surface area contributed by atoms with Crippen LogP contribution < -0.4 is 14.8 Å². The van der Waals surface area contributed by atoms with E-state index in [1.165, 1.54) is 0 Å². The Morgan fingerprint density at radius 2 is 2.16 bits per heavy atom. The SMILES string of the molecule is CCNCc1cc(Cl)cc(OC)c1OC(C#N)CC. The monoisotopic (exact) mass is 282 g/mol. The summed E-state index contributed by atoms with van der Waals surface area (Å²) < 4.78 is 11.0. The second kappa shape index (κ2) is 7.88. The van der Waals surface area contributed by atoms with Gasteiger partial charge in [0, 0.05) is 23.2 Å². The molecule has 1 atom stereocenters. The fourth-order valence-electron chi connectivity index (χ4n) is 1.64. The summed E-state index contributed by atoms with van der Waals surface area (Å²) in [6.45, 7) is 5.38. The normalized spacial score (nSPS) is 11.7. The Labute approximate surface area is 119 Å². The van der Waals surface area contributed by atoms with Crippen LogP contribution >= 0.6 is 11.6 Å². The Kier molecular flexibility index (Phi) is 6.48. The van der Waals surface area contributed by atoms with Crippen LogP contribution in [0.5, 0.6) is 11.5 Å². The Morgan fingerprint density at radius 1 is 1.42 bits per heavy atom.